The van der Waals surface area contributed by atoms with E-state index >= 15 is 0 Å². The lowest BCUT2D eigenvalue weighted by molar-refractivity contribution is 0.318. The van der Waals surface area contributed by atoms with Crippen molar-refractivity contribution in [3.05, 3.63) is 72.4 Å². The number of aromatic nitrogens is 3. The molecule has 0 aliphatic carbocycles. The Balaban J connectivity index is 1.17. The molecule has 6 nitrogen and oxygen atoms in total. The van der Waals surface area contributed by atoms with Crippen LogP contribution in [0.3, 0.4) is 0 Å². The number of hydrogen-bond acceptors (Lipinski definition) is 5. The number of anilines is 1. The van der Waals surface area contributed by atoms with Crippen molar-refractivity contribution in [3.8, 4) is 0 Å². The van der Waals surface area contributed by atoms with E-state index in [9.17, 15) is 0 Å². The van der Waals surface area contributed by atoms with Gasteiger partial charge in [-0.15, -0.1) is 0 Å². The van der Waals surface area contributed by atoms with E-state index in [0.717, 1.165) is 42.0 Å². The van der Waals surface area contributed by atoms with Crippen molar-refractivity contribution in [1.29, 1.82) is 0 Å². The van der Waals surface area contributed by atoms with Gasteiger partial charge in [0.05, 0.1) is 18.3 Å². The van der Waals surface area contributed by atoms with Gasteiger partial charge in [0, 0.05) is 35.9 Å². The van der Waals surface area contributed by atoms with Gasteiger partial charge >= 0.3 is 0 Å². The number of allylic oxidation sites excluding steroid dienone is 2. The van der Waals surface area contributed by atoms with E-state index in [4.69, 9.17) is 4.42 Å². The SMILES string of the molecule is Cc1ccc2oc(C3=CCN(c4ccc5c(cnn5CCN5CCCC5)c4)C=C3)nc2c1. The Bertz CT molecular complexity index is 1340. The van der Waals surface area contributed by atoms with Crippen molar-refractivity contribution in [2.45, 2.75) is 26.3 Å². The van der Waals surface area contributed by atoms with Gasteiger partial charge in [-0.05, 0) is 74.8 Å². The maximum atomic E-state index is 5.96. The number of nitrogens with zero attached hydrogens (tertiary/aromatic N) is 5. The van der Waals surface area contributed by atoms with Gasteiger partial charge in [0.1, 0.15) is 5.52 Å². The van der Waals surface area contributed by atoms with Crippen LogP contribution < -0.4 is 4.90 Å². The molecule has 32 heavy (non-hydrogen) atoms. The van der Waals surface area contributed by atoms with Crippen molar-refractivity contribution in [1.82, 2.24) is 19.7 Å². The minimum atomic E-state index is 0.677. The maximum Gasteiger partial charge on any atom is 0.227 e. The van der Waals surface area contributed by atoms with Crippen molar-refractivity contribution in [3.63, 3.8) is 0 Å². The molecular weight excluding hydrogens is 398 g/mol. The Kier molecular flexibility index (Phi) is 4.80. The average molecular weight is 426 g/mol. The van der Waals surface area contributed by atoms with Crippen LogP contribution in [-0.4, -0.2) is 45.8 Å². The molecule has 0 atom stereocenters. The third-order valence-corrected chi connectivity index (χ3v) is 6.52. The molecule has 0 amide bonds. The lowest BCUT2D eigenvalue weighted by atomic mass is 10.1. The van der Waals surface area contributed by atoms with Crippen LogP contribution in [0.1, 0.15) is 24.3 Å². The van der Waals surface area contributed by atoms with Crippen LogP contribution in [0.5, 0.6) is 0 Å². The minimum Gasteiger partial charge on any atom is -0.436 e. The molecule has 0 radical (unpaired) electrons. The summed E-state index contributed by atoms with van der Waals surface area (Å²) in [4.78, 5) is 9.43. The van der Waals surface area contributed by atoms with Crippen LogP contribution in [0, 0.1) is 6.92 Å². The molecule has 0 N–H and O–H groups in total. The number of fused-ring (bicyclic) bond motifs is 2. The lowest BCUT2D eigenvalue weighted by Gasteiger charge is -2.22. The minimum absolute atomic E-state index is 0.677. The number of rotatable bonds is 5. The molecule has 2 aromatic heterocycles. The number of benzene rings is 2. The van der Waals surface area contributed by atoms with Crippen LogP contribution in [0.25, 0.3) is 27.6 Å². The van der Waals surface area contributed by atoms with Crippen LogP contribution in [0.4, 0.5) is 5.69 Å². The first-order chi connectivity index (χ1) is 15.7. The summed E-state index contributed by atoms with van der Waals surface area (Å²) < 4.78 is 8.10. The van der Waals surface area contributed by atoms with Crippen LogP contribution >= 0.6 is 0 Å². The molecule has 1 fully saturated rings. The zero-order valence-corrected chi connectivity index (χ0v) is 18.4. The molecule has 1 saturated heterocycles. The molecule has 0 saturated carbocycles. The molecule has 4 aromatic rings. The summed E-state index contributed by atoms with van der Waals surface area (Å²) in [6.07, 6.45) is 11.0. The Morgan fingerprint density at radius 1 is 1.03 bits per heavy atom. The monoisotopic (exact) mass is 425 g/mol. The molecule has 2 aliphatic heterocycles. The van der Waals surface area contributed by atoms with Gasteiger partial charge in [0.15, 0.2) is 5.58 Å². The fraction of sp³-hybridized carbons (Fsp3) is 0.308. The van der Waals surface area contributed by atoms with E-state index in [1.165, 1.54) is 42.4 Å². The summed E-state index contributed by atoms with van der Waals surface area (Å²) in [5.41, 5.74) is 6.30. The largest absolute Gasteiger partial charge is 0.436 e. The van der Waals surface area contributed by atoms with Gasteiger partial charge in [-0.1, -0.05) is 12.1 Å². The Hall–Kier alpha value is -3.38. The first kappa shape index (κ1) is 19.3. The van der Waals surface area contributed by atoms with Gasteiger partial charge in [0.25, 0.3) is 0 Å². The number of aryl methyl sites for hydroxylation is 1. The van der Waals surface area contributed by atoms with E-state index in [2.05, 4.69) is 80.2 Å². The van der Waals surface area contributed by atoms with Crippen molar-refractivity contribution in [2.75, 3.05) is 31.1 Å². The summed E-state index contributed by atoms with van der Waals surface area (Å²) in [5.74, 6) is 0.677. The first-order valence-electron chi connectivity index (χ1n) is 11.4. The Morgan fingerprint density at radius 3 is 2.78 bits per heavy atom. The summed E-state index contributed by atoms with van der Waals surface area (Å²) in [7, 11) is 0. The zero-order valence-electron chi connectivity index (χ0n) is 18.4. The average Bonchev–Trinajstić information content (AvgIpc) is 3.56. The van der Waals surface area contributed by atoms with E-state index in [-0.39, 0.29) is 0 Å². The van der Waals surface area contributed by atoms with Gasteiger partial charge in [-0.2, -0.15) is 5.10 Å². The fourth-order valence-electron chi connectivity index (χ4n) is 4.68. The summed E-state index contributed by atoms with van der Waals surface area (Å²) >= 11 is 0. The summed E-state index contributed by atoms with van der Waals surface area (Å²) in [6.45, 7) is 7.32. The van der Waals surface area contributed by atoms with Crippen molar-refractivity contribution >= 4 is 33.3 Å². The summed E-state index contributed by atoms with van der Waals surface area (Å²) in [6, 6.07) is 12.7. The second-order valence-corrected chi connectivity index (χ2v) is 8.78. The third-order valence-electron chi connectivity index (χ3n) is 6.52. The second kappa shape index (κ2) is 7.95. The fourth-order valence-corrected chi connectivity index (χ4v) is 4.68. The zero-order chi connectivity index (χ0) is 21.5. The smallest absolute Gasteiger partial charge is 0.227 e. The highest BCUT2D eigenvalue weighted by atomic mass is 16.3. The van der Waals surface area contributed by atoms with Gasteiger partial charge in [0.2, 0.25) is 5.89 Å². The van der Waals surface area contributed by atoms with E-state index < -0.39 is 0 Å². The molecule has 2 aromatic carbocycles. The highest BCUT2D eigenvalue weighted by Crippen LogP contribution is 2.28. The van der Waals surface area contributed by atoms with Gasteiger partial charge < -0.3 is 14.2 Å². The molecule has 6 rings (SSSR count). The first-order valence-corrected chi connectivity index (χ1v) is 11.4. The standard InChI is InChI=1S/C26H27N5O/c1-19-4-7-25-23(16-19)28-26(32-25)20-8-12-30(13-9-20)22-5-6-24-21(17-22)18-27-31(24)15-14-29-10-2-3-11-29/h4-9,12,16-18H,2-3,10-11,13-15H2,1H3. The molecule has 0 unspecified atom stereocenters. The normalized spacial score (nSPS) is 17.0. The number of likely N-dealkylation sites (tertiary alicyclic amines) is 1. The molecule has 0 spiro atoms. The highest BCUT2D eigenvalue weighted by molar-refractivity contribution is 5.84. The van der Waals surface area contributed by atoms with Gasteiger partial charge in [-0.25, -0.2) is 4.98 Å². The quantitative estimate of drug-likeness (QED) is 0.450. The van der Waals surface area contributed by atoms with Gasteiger partial charge in [-0.3, -0.25) is 4.68 Å². The predicted octanol–water partition coefficient (Wildman–Crippen LogP) is 5.00. The topological polar surface area (TPSA) is 50.3 Å². The molecule has 162 valence electrons. The van der Waals surface area contributed by atoms with Crippen LogP contribution in [-0.2, 0) is 6.54 Å². The summed E-state index contributed by atoms with van der Waals surface area (Å²) in [5, 5.41) is 5.82. The Morgan fingerprint density at radius 2 is 1.94 bits per heavy atom. The maximum absolute atomic E-state index is 5.96. The number of oxazole rings is 1. The third kappa shape index (κ3) is 3.60. The predicted molar refractivity (Wildman–Crippen MR) is 129 cm³/mol. The molecule has 6 heteroatoms. The van der Waals surface area contributed by atoms with E-state index in [1.54, 1.807) is 0 Å². The van der Waals surface area contributed by atoms with E-state index in [0.29, 0.717) is 5.89 Å². The lowest BCUT2D eigenvalue weighted by Crippen LogP contribution is -2.24. The molecule has 4 heterocycles. The Labute approximate surface area is 187 Å². The van der Waals surface area contributed by atoms with Crippen molar-refractivity contribution in [2.24, 2.45) is 0 Å². The van der Waals surface area contributed by atoms with Crippen LogP contribution in [0.2, 0.25) is 0 Å². The molecule has 0 bridgehead atoms. The van der Waals surface area contributed by atoms with Crippen molar-refractivity contribution < 1.29 is 4.42 Å². The second-order valence-electron chi connectivity index (χ2n) is 8.78. The highest BCUT2D eigenvalue weighted by Gasteiger charge is 2.15. The number of hydrogen-bond donors (Lipinski definition) is 0. The van der Waals surface area contributed by atoms with E-state index in [1.807, 2.05) is 12.3 Å². The molecular formula is C26H27N5O. The van der Waals surface area contributed by atoms with Crippen LogP contribution in [0.15, 0.2) is 65.4 Å². The molecule has 2 aliphatic rings.